The number of anilines is 2. The lowest BCUT2D eigenvalue weighted by Crippen LogP contribution is -2.24. The number of carbonyl (C=O) groups is 1. The summed E-state index contributed by atoms with van der Waals surface area (Å²) in [5.41, 5.74) is 4.17. The Balaban J connectivity index is 1.45. The summed E-state index contributed by atoms with van der Waals surface area (Å²) in [5.74, 6) is 0.294. The van der Waals surface area contributed by atoms with Gasteiger partial charge in [0.2, 0.25) is 0 Å². The van der Waals surface area contributed by atoms with Crippen LogP contribution in [0.3, 0.4) is 0 Å². The fraction of sp³-hybridized carbons (Fsp3) is 0.0909. The van der Waals surface area contributed by atoms with E-state index in [0.29, 0.717) is 12.4 Å². The number of amides is 1. The molecule has 4 aromatic rings. The summed E-state index contributed by atoms with van der Waals surface area (Å²) in [4.78, 5) is 25.3. The van der Waals surface area contributed by atoms with Crippen LogP contribution < -0.4 is 10.6 Å². The predicted molar refractivity (Wildman–Crippen MR) is 109 cm³/mol. The third-order valence-electron chi connectivity index (χ3n) is 4.48. The molecule has 0 unspecified atom stereocenters. The first-order valence-electron chi connectivity index (χ1n) is 8.96. The Morgan fingerprint density at radius 3 is 2.61 bits per heavy atom. The van der Waals surface area contributed by atoms with Crippen LogP contribution >= 0.6 is 0 Å². The van der Waals surface area contributed by atoms with Gasteiger partial charge in [-0.1, -0.05) is 42.5 Å². The molecule has 0 aliphatic heterocycles. The van der Waals surface area contributed by atoms with Crippen molar-refractivity contribution in [3.8, 4) is 0 Å². The molecule has 4 rings (SSSR count). The summed E-state index contributed by atoms with van der Waals surface area (Å²) < 4.78 is 0. The third kappa shape index (κ3) is 3.81. The van der Waals surface area contributed by atoms with Crippen molar-refractivity contribution in [2.45, 2.75) is 13.5 Å². The van der Waals surface area contributed by atoms with Gasteiger partial charge < -0.3 is 10.6 Å². The van der Waals surface area contributed by atoms with E-state index >= 15 is 0 Å². The Bertz CT molecular complexity index is 1120. The number of rotatable bonds is 5. The highest BCUT2D eigenvalue weighted by Gasteiger charge is 2.09. The molecule has 0 atom stereocenters. The Morgan fingerprint density at radius 2 is 1.79 bits per heavy atom. The molecule has 2 aromatic carbocycles. The molecule has 1 amide bonds. The molecule has 6 heteroatoms. The van der Waals surface area contributed by atoms with Gasteiger partial charge in [0.05, 0.1) is 23.6 Å². The molecule has 138 valence electrons. The van der Waals surface area contributed by atoms with Gasteiger partial charge in [0.15, 0.2) is 0 Å². The maximum atomic E-state index is 12.3. The molecule has 0 saturated carbocycles. The molecular weight excluding hydrogens is 350 g/mol. The van der Waals surface area contributed by atoms with Crippen LogP contribution in [-0.4, -0.2) is 20.9 Å². The minimum Gasteiger partial charge on any atom is -0.347 e. The normalized spacial score (nSPS) is 10.6. The zero-order chi connectivity index (χ0) is 19.3. The largest absolute Gasteiger partial charge is 0.347 e. The number of pyridine rings is 1. The van der Waals surface area contributed by atoms with Gasteiger partial charge in [0.1, 0.15) is 11.5 Å². The number of nitrogens with one attached hydrogen (secondary N) is 2. The number of benzene rings is 2. The number of hydrogen-bond donors (Lipinski definition) is 2. The first-order valence-corrected chi connectivity index (χ1v) is 8.96. The molecular formula is C22H19N5O. The Hall–Kier alpha value is -3.80. The van der Waals surface area contributed by atoms with Crippen LogP contribution in [0.15, 0.2) is 73.2 Å². The highest BCUT2D eigenvalue weighted by molar-refractivity contribution is 5.93. The van der Waals surface area contributed by atoms with E-state index in [1.54, 1.807) is 12.4 Å². The third-order valence-corrected chi connectivity index (χ3v) is 4.48. The van der Waals surface area contributed by atoms with Crippen molar-refractivity contribution in [1.82, 2.24) is 20.3 Å². The Kier molecular flexibility index (Phi) is 4.93. The lowest BCUT2D eigenvalue weighted by atomic mass is 10.1. The van der Waals surface area contributed by atoms with Crippen LogP contribution in [0, 0.1) is 6.92 Å². The van der Waals surface area contributed by atoms with Crippen molar-refractivity contribution in [3.05, 3.63) is 90.0 Å². The van der Waals surface area contributed by atoms with Crippen LogP contribution in [0.5, 0.6) is 0 Å². The van der Waals surface area contributed by atoms with Crippen LogP contribution in [0.25, 0.3) is 10.9 Å². The number of aryl methyl sites for hydroxylation is 1. The first kappa shape index (κ1) is 17.6. The molecule has 0 spiro atoms. The van der Waals surface area contributed by atoms with Gasteiger partial charge in [-0.15, -0.1) is 0 Å². The van der Waals surface area contributed by atoms with E-state index in [4.69, 9.17) is 0 Å². The zero-order valence-electron chi connectivity index (χ0n) is 15.4. The molecule has 2 N–H and O–H groups in total. The highest BCUT2D eigenvalue weighted by atomic mass is 16.1. The van der Waals surface area contributed by atoms with E-state index in [1.165, 1.54) is 6.20 Å². The van der Waals surface area contributed by atoms with Crippen LogP contribution in [0.4, 0.5) is 11.5 Å². The number of fused-ring (bicyclic) bond motifs is 1. The number of para-hydroxylation sites is 1. The van der Waals surface area contributed by atoms with E-state index in [9.17, 15) is 4.79 Å². The van der Waals surface area contributed by atoms with Gasteiger partial charge in [-0.05, 0) is 30.2 Å². The average molecular weight is 369 g/mol. The summed E-state index contributed by atoms with van der Waals surface area (Å²) in [7, 11) is 0. The Morgan fingerprint density at radius 1 is 0.929 bits per heavy atom. The SMILES string of the molecule is Cc1ccccc1CNC(=O)c1cnc(Nc2cccc3cccnc23)cn1. The molecule has 0 aliphatic carbocycles. The van der Waals surface area contributed by atoms with E-state index in [1.807, 2.05) is 61.5 Å². The van der Waals surface area contributed by atoms with E-state index in [0.717, 1.165) is 27.7 Å². The fourth-order valence-corrected chi connectivity index (χ4v) is 2.93. The minimum absolute atomic E-state index is 0.255. The van der Waals surface area contributed by atoms with Crippen molar-refractivity contribution >= 4 is 28.3 Å². The summed E-state index contributed by atoms with van der Waals surface area (Å²) >= 11 is 0. The molecule has 28 heavy (non-hydrogen) atoms. The number of hydrogen-bond acceptors (Lipinski definition) is 5. The molecule has 6 nitrogen and oxygen atoms in total. The minimum atomic E-state index is -0.255. The van der Waals surface area contributed by atoms with Crippen molar-refractivity contribution in [1.29, 1.82) is 0 Å². The van der Waals surface area contributed by atoms with Crippen molar-refractivity contribution < 1.29 is 4.79 Å². The van der Waals surface area contributed by atoms with Crippen molar-refractivity contribution in [3.63, 3.8) is 0 Å². The smallest absolute Gasteiger partial charge is 0.271 e. The maximum absolute atomic E-state index is 12.3. The van der Waals surface area contributed by atoms with Gasteiger partial charge in [0, 0.05) is 18.1 Å². The first-order chi connectivity index (χ1) is 13.7. The molecule has 2 heterocycles. The second-order valence-corrected chi connectivity index (χ2v) is 6.40. The summed E-state index contributed by atoms with van der Waals surface area (Å²) in [6.45, 7) is 2.47. The Labute approximate surface area is 162 Å². The summed E-state index contributed by atoms with van der Waals surface area (Å²) in [6.07, 6.45) is 4.76. The molecule has 0 aliphatic rings. The predicted octanol–water partition coefficient (Wildman–Crippen LogP) is 4.01. The van der Waals surface area contributed by atoms with Gasteiger partial charge in [-0.25, -0.2) is 9.97 Å². The van der Waals surface area contributed by atoms with Gasteiger partial charge in [-0.2, -0.15) is 0 Å². The lowest BCUT2D eigenvalue weighted by molar-refractivity contribution is 0.0945. The van der Waals surface area contributed by atoms with Gasteiger partial charge >= 0.3 is 0 Å². The van der Waals surface area contributed by atoms with E-state index in [-0.39, 0.29) is 11.6 Å². The average Bonchev–Trinajstić information content (AvgIpc) is 2.74. The second-order valence-electron chi connectivity index (χ2n) is 6.40. The van der Waals surface area contributed by atoms with E-state index in [2.05, 4.69) is 25.6 Å². The molecule has 0 bridgehead atoms. The number of nitrogens with zero attached hydrogens (tertiary/aromatic N) is 3. The fourth-order valence-electron chi connectivity index (χ4n) is 2.93. The molecule has 0 saturated heterocycles. The van der Waals surface area contributed by atoms with Gasteiger partial charge in [-0.3, -0.25) is 9.78 Å². The highest BCUT2D eigenvalue weighted by Crippen LogP contribution is 2.23. The number of aromatic nitrogens is 3. The standard InChI is InChI=1S/C22H19N5O/c1-15-6-2-3-7-17(15)12-26-22(28)19-13-25-20(14-24-19)27-18-10-4-8-16-9-5-11-23-21(16)18/h2-11,13-14H,12H2,1H3,(H,25,27)(H,26,28). The monoisotopic (exact) mass is 369 g/mol. The zero-order valence-corrected chi connectivity index (χ0v) is 15.4. The molecule has 0 fully saturated rings. The lowest BCUT2D eigenvalue weighted by Gasteiger charge is -2.09. The summed E-state index contributed by atoms with van der Waals surface area (Å²) in [6, 6.07) is 17.7. The van der Waals surface area contributed by atoms with Crippen LogP contribution in [-0.2, 0) is 6.54 Å². The van der Waals surface area contributed by atoms with Crippen LogP contribution in [0.2, 0.25) is 0 Å². The molecule has 2 aromatic heterocycles. The van der Waals surface area contributed by atoms with Crippen molar-refractivity contribution in [2.75, 3.05) is 5.32 Å². The quantitative estimate of drug-likeness (QED) is 0.556. The summed E-state index contributed by atoms with van der Waals surface area (Å²) in [5, 5.41) is 7.12. The van der Waals surface area contributed by atoms with Crippen LogP contribution in [0.1, 0.15) is 21.6 Å². The van der Waals surface area contributed by atoms with Crippen molar-refractivity contribution in [2.24, 2.45) is 0 Å². The molecule has 0 radical (unpaired) electrons. The van der Waals surface area contributed by atoms with Gasteiger partial charge in [0.25, 0.3) is 5.91 Å². The number of carbonyl (C=O) groups excluding carboxylic acids is 1. The maximum Gasteiger partial charge on any atom is 0.271 e. The topological polar surface area (TPSA) is 79.8 Å². The second kappa shape index (κ2) is 7.84. The van der Waals surface area contributed by atoms with E-state index < -0.39 is 0 Å².